The number of carbonyl (C=O) groups is 2. The van der Waals surface area contributed by atoms with Gasteiger partial charge in [-0.05, 0) is 54.9 Å². The van der Waals surface area contributed by atoms with Crippen LogP contribution >= 0.6 is 11.3 Å². The lowest BCUT2D eigenvalue weighted by Gasteiger charge is -2.26. The van der Waals surface area contributed by atoms with Crippen molar-refractivity contribution in [3.8, 4) is 10.4 Å². The Kier molecular flexibility index (Phi) is 4.57. The molecule has 25 heavy (non-hydrogen) atoms. The fraction of sp³-hybridized carbons (Fsp3) is 0.400. The normalized spacial score (nSPS) is 16.1. The summed E-state index contributed by atoms with van der Waals surface area (Å²) in [6, 6.07) is 10.3. The number of likely N-dealkylation sites (tertiary alicyclic amines) is 1. The van der Waals surface area contributed by atoms with Gasteiger partial charge in [0.15, 0.2) is 6.61 Å². The van der Waals surface area contributed by atoms with Gasteiger partial charge in [-0.25, -0.2) is 4.79 Å². The number of carbonyl (C=O) groups excluding carboxylic acids is 2. The summed E-state index contributed by atoms with van der Waals surface area (Å²) in [6.45, 7) is 1.40. The fourth-order valence-electron chi connectivity index (χ4n) is 3.61. The van der Waals surface area contributed by atoms with Gasteiger partial charge in [0.1, 0.15) is 4.88 Å². The second kappa shape index (κ2) is 7.00. The van der Waals surface area contributed by atoms with Crippen molar-refractivity contribution in [2.45, 2.75) is 32.1 Å². The van der Waals surface area contributed by atoms with Crippen LogP contribution in [0.25, 0.3) is 10.4 Å². The predicted molar refractivity (Wildman–Crippen MR) is 97.9 cm³/mol. The number of fused-ring (bicyclic) bond motifs is 3. The van der Waals surface area contributed by atoms with Crippen molar-refractivity contribution in [3.05, 3.63) is 46.3 Å². The summed E-state index contributed by atoms with van der Waals surface area (Å²) in [5.74, 6) is -0.470. The molecule has 4 nitrogen and oxygen atoms in total. The number of aryl methyl sites for hydroxylation is 2. The first-order valence-corrected chi connectivity index (χ1v) is 9.70. The molecule has 2 aliphatic rings. The van der Waals surface area contributed by atoms with Crippen molar-refractivity contribution in [3.63, 3.8) is 0 Å². The van der Waals surface area contributed by atoms with Gasteiger partial charge >= 0.3 is 5.97 Å². The number of hydrogen-bond acceptors (Lipinski definition) is 4. The zero-order valence-electron chi connectivity index (χ0n) is 14.1. The average Bonchev–Trinajstić information content (AvgIpc) is 3.11. The molecule has 0 spiro atoms. The Morgan fingerprint density at radius 3 is 2.64 bits per heavy atom. The van der Waals surface area contributed by atoms with Gasteiger partial charge in [-0.15, -0.1) is 11.3 Å². The van der Waals surface area contributed by atoms with Crippen molar-refractivity contribution >= 4 is 23.2 Å². The number of nitrogens with zero attached hydrogens (tertiary/aromatic N) is 1. The molecule has 1 fully saturated rings. The number of amides is 1. The van der Waals surface area contributed by atoms with E-state index in [-0.39, 0.29) is 18.5 Å². The summed E-state index contributed by atoms with van der Waals surface area (Å²) in [5.41, 5.74) is 3.76. The predicted octanol–water partition coefficient (Wildman–Crippen LogP) is 3.68. The summed E-state index contributed by atoms with van der Waals surface area (Å²) in [7, 11) is 0. The van der Waals surface area contributed by atoms with Gasteiger partial charge in [-0.1, -0.05) is 24.3 Å². The van der Waals surface area contributed by atoms with Gasteiger partial charge in [0, 0.05) is 18.0 Å². The lowest BCUT2D eigenvalue weighted by atomic mass is 9.91. The van der Waals surface area contributed by atoms with Crippen molar-refractivity contribution in [1.82, 2.24) is 4.90 Å². The minimum absolute atomic E-state index is 0.0836. The Morgan fingerprint density at radius 1 is 1.04 bits per heavy atom. The van der Waals surface area contributed by atoms with Gasteiger partial charge in [0.05, 0.1) is 0 Å². The molecule has 2 aromatic rings. The zero-order valence-corrected chi connectivity index (χ0v) is 14.9. The van der Waals surface area contributed by atoms with E-state index >= 15 is 0 Å². The summed E-state index contributed by atoms with van der Waals surface area (Å²) < 4.78 is 5.29. The molecule has 1 saturated heterocycles. The van der Waals surface area contributed by atoms with E-state index in [9.17, 15) is 9.59 Å². The summed E-state index contributed by atoms with van der Waals surface area (Å²) in [6.07, 6.45) is 5.20. The van der Waals surface area contributed by atoms with E-state index in [0.717, 1.165) is 43.6 Å². The van der Waals surface area contributed by atoms with Gasteiger partial charge in [-0.2, -0.15) is 0 Å². The fourth-order valence-corrected chi connectivity index (χ4v) is 4.77. The van der Waals surface area contributed by atoms with Crippen molar-refractivity contribution < 1.29 is 14.3 Å². The maximum atomic E-state index is 12.4. The van der Waals surface area contributed by atoms with Crippen LogP contribution < -0.4 is 0 Å². The number of rotatable bonds is 3. The Hall–Kier alpha value is -2.14. The summed E-state index contributed by atoms with van der Waals surface area (Å²) >= 11 is 1.47. The molecular weight excluding hydrogens is 334 g/mol. The quantitative estimate of drug-likeness (QED) is 0.789. The van der Waals surface area contributed by atoms with Gasteiger partial charge in [0.2, 0.25) is 0 Å². The van der Waals surface area contributed by atoms with Gasteiger partial charge in [-0.3, -0.25) is 4.79 Å². The topological polar surface area (TPSA) is 46.6 Å². The third-order valence-corrected chi connectivity index (χ3v) is 6.16. The second-order valence-corrected chi connectivity index (χ2v) is 7.69. The molecule has 1 aliphatic carbocycles. The molecule has 0 N–H and O–H groups in total. The van der Waals surface area contributed by atoms with Crippen LogP contribution in [0.5, 0.6) is 0 Å². The minimum atomic E-state index is -0.387. The molecule has 0 radical (unpaired) electrons. The molecule has 1 aromatic heterocycles. The molecule has 0 atom stereocenters. The van der Waals surface area contributed by atoms with Crippen LogP contribution in [0.3, 0.4) is 0 Å². The lowest BCUT2D eigenvalue weighted by molar-refractivity contribution is -0.135. The Morgan fingerprint density at radius 2 is 1.80 bits per heavy atom. The first-order chi connectivity index (χ1) is 12.2. The monoisotopic (exact) mass is 355 g/mol. The minimum Gasteiger partial charge on any atom is -0.451 e. The third-order valence-electron chi connectivity index (χ3n) is 4.97. The standard InChI is InChI=1S/C20H21NO3S/c22-18(21-10-4-1-5-11-21)13-24-20(23)17-12-15-9-8-14-6-2-3-7-16(14)19(15)25-17/h2-3,6-7,12H,1,4-5,8-11,13H2. The molecule has 0 unspecified atom stereocenters. The maximum Gasteiger partial charge on any atom is 0.348 e. The van der Waals surface area contributed by atoms with Crippen LogP contribution in [0.4, 0.5) is 0 Å². The van der Waals surface area contributed by atoms with Crippen LogP contribution in [-0.2, 0) is 22.4 Å². The Bertz CT molecular complexity index is 805. The number of thiophene rings is 1. The van der Waals surface area contributed by atoms with E-state index in [0.29, 0.717) is 4.88 Å². The Labute approximate surface area is 151 Å². The second-order valence-electron chi connectivity index (χ2n) is 6.64. The van der Waals surface area contributed by atoms with E-state index in [4.69, 9.17) is 4.74 Å². The molecule has 2 heterocycles. The van der Waals surface area contributed by atoms with E-state index in [1.807, 2.05) is 12.1 Å². The molecule has 0 bridgehead atoms. The zero-order chi connectivity index (χ0) is 17.2. The van der Waals surface area contributed by atoms with Crippen molar-refractivity contribution in [2.75, 3.05) is 19.7 Å². The molecule has 130 valence electrons. The van der Waals surface area contributed by atoms with Crippen molar-refractivity contribution in [2.24, 2.45) is 0 Å². The van der Waals surface area contributed by atoms with Crippen LogP contribution in [0, 0.1) is 0 Å². The summed E-state index contributed by atoms with van der Waals surface area (Å²) in [5, 5.41) is 0. The van der Waals surface area contributed by atoms with Gasteiger partial charge in [0.25, 0.3) is 5.91 Å². The van der Waals surface area contributed by atoms with Crippen LogP contribution in [0.1, 0.15) is 40.1 Å². The van der Waals surface area contributed by atoms with Gasteiger partial charge < -0.3 is 9.64 Å². The van der Waals surface area contributed by atoms with Crippen LogP contribution in [0.2, 0.25) is 0 Å². The molecule has 1 aliphatic heterocycles. The lowest BCUT2D eigenvalue weighted by Crippen LogP contribution is -2.38. The van der Waals surface area contributed by atoms with Crippen molar-refractivity contribution in [1.29, 1.82) is 0 Å². The van der Waals surface area contributed by atoms with E-state index in [2.05, 4.69) is 18.2 Å². The third kappa shape index (κ3) is 3.33. The number of benzene rings is 1. The first kappa shape index (κ1) is 16.3. The molecule has 0 saturated carbocycles. The number of hydrogen-bond donors (Lipinski definition) is 0. The maximum absolute atomic E-state index is 12.4. The highest BCUT2D eigenvalue weighted by Gasteiger charge is 2.23. The van der Waals surface area contributed by atoms with Crippen LogP contribution in [-0.4, -0.2) is 36.5 Å². The first-order valence-electron chi connectivity index (χ1n) is 8.88. The van der Waals surface area contributed by atoms with E-state index in [1.165, 1.54) is 34.4 Å². The average molecular weight is 355 g/mol. The molecule has 5 heteroatoms. The summed E-state index contributed by atoms with van der Waals surface area (Å²) in [4.78, 5) is 28.1. The Balaban J connectivity index is 1.44. The molecule has 4 rings (SSSR count). The molecule has 1 amide bonds. The number of esters is 1. The smallest absolute Gasteiger partial charge is 0.348 e. The largest absolute Gasteiger partial charge is 0.451 e. The molecule has 1 aromatic carbocycles. The highest BCUT2D eigenvalue weighted by molar-refractivity contribution is 7.17. The van der Waals surface area contributed by atoms with E-state index < -0.39 is 0 Å². The molecular formula is C20H21NO3S. The van der Waals surface area contributed by atoms with Crippen LogP contribution in [0.15, 0.2) is 30.3 Å². The number of ether oxygens (including phenoxy) is 1. The van der Waals surface area contributed by atoms with E-state index in [1.54, 1.807) is 4.90 Å². The number of piperidine rings is 1. The highest BCUT2D eigenvalue weighted by atomic mass is 32.1. The SMILES string of the molecule is O=C(OCC(=O)N1CCCCC1)c1cc2c(s1)-c1ccccc1CC2. The highest BCUT2D eigenvalue weighted by Crippen LogP contribution is 2.39.